The Morgan fingerprint density at radius 2 is 2.03 bits per heavy atom. The summed E-state index contributed by atoms with van der Waals surface area (Å²) in [5.74, 6) is 1.45. The number of nitrogens with one attached hydrogen (secondary N) is 2. The number of hydrogen-bond acceptors (Lipinski definition) is 5. The van der Waals surface area contributed by atoms with Gasteiger partial charge in [-0.1, -0.05) is 18.2 Å². The largest absolute Gasteiger partial charge is 0.382 e. The predicted molar refractivity (Wildman–Crippen MR) is 120 cm³/mol. The molecule has 162 valence electrons. The van der Waals surface area contributed by atoms with E-state index in [0.29, 0.717) is 25.6 Å². The van der Waals surface area contributed by atoms with Crippen LogP contribution in [0.2, 0.25) is 0 Å². The average Bonchev–Trinajstić information content (AvgIpc) is 3.19. The lowest BCUT2D eigenvalue weighted by atomic mass is 9.94. The number of carbonyl (C=O) groups excluding carboxylic acids is 1. The Labute approximate surface area is 181 Å². The number of ether oxygens (including phenoxy) is 1. The molecule has 4 N–H and O–H groups in total. The van der Waals surface area contributed by atoms with Gasteiger partial charge in [0.25, 0.3) is 0 Å². The van der Waals surface area contributed by atoms with Gasteiger partial charge in [0.15, 0.2) is 5.82 Å². The van der Waals surface area contributed by atoms with E-state index in [1.165, 1.54) is 12.0 Å². The first-order valence-electron chi connectivity index (χ1n) is 11.1. The van der Waals surface area contributed by atoms with Crippen molar-refractivity contribution < 1.29 is 9.53 Å². The molecule has 0 radical (unpaired) electrons. The van der Waals surface area contributed by atoms with Crippen LogP contribution in [0.25, 0.3) is 11.0 Å². The van der Waals surface area contributed by atoms with Crippen LogP contribution in [0.1, 0.15) is 48.8 Å². The second-order valence-corrected chi connectivity index (χ2v) is 8.28. The number of fused-ring (bicyclic) bond motifs is 5. The smallest absolute Gasteiger partial charge is 0.319 e. The highest BCUT2D eigenvalue weighted by molar-refractivity contribution is 5.89. The number of benzene rings is 1. The molecule has 2 aliphatic rings. The summed E-state index contributed by atoms with van der Waals surface area (Å²) >= 11 is 0. The maximum Gasteiger partial charge on any atom is 0.319 e. The number of carbonyl (C=O) groups is 1. The number of anilines is 2. The number of nitrogens with two attached hydrogens (primary N) is 1. The number of aromatic nitrogens is 3. The van der Waals surface area contributed by atoms with E-state index in [4.69, 9.17) is 15.5 Å². The molecule has 0 unspecified atom stereocenters. The summed E-state index contributed by atoms with van der Waals surface area (Å²) in [6, 6.07) is 9.44. The summed E-state index contributed by atoms with van der Waals surface area (Å²) in [6.45, 7) is 1.74. The van der Waals surface area contributed by atoms with E-state index in [1.54, 1.807) is 0 Å². The second-order valence-electron chi connectivity index (χ2n) is 8.28. The molecular weight excluding hydrogens is 392 g/mol. The van der Waals surface area contributed by atoms with Crippen molar-refractivity contribution in [3.8, 4) is 0 Å². The summed E-state index contributed by atoms with van der Waals surface area (Å²) in [5.41, 5.74) is 11.5. The van der Waals surface area contributed by atoms with Gasteiger partial charge >= 0.3 is 6.03 Å². The number of para-hydroxylation sites is 1. The molecule has 0 saturated carbocycles. The summed E-state index contributed by atoms with van der Waals surface area (Å²) in [6.07, 6.45) is 6.08. The molecule has 3 heterocycles. The van der Waals surface area contributed by atoms with Gasteiger partial charge in [0, 0.05) is 17.9 Å². The van der Waals surface area contributed by atoms with E-state index in [2.05, 4.69) is 20.2 Å². The van der Waals surface area contributed by atoms with Gasteiger partial charge in [0.2, 0.25) is 0 Å². The van der Waals surface area contributed by atoms with Crippen LogP contribution in [0.5, 0.6) is 0 Å². The molecule has 2 aromatic heterocycles. The van der Waals surface area contributed by atoms with Gasteiger partial charge in [-0.15, -0.1) is 0 Å². The third-order valence-electron chi connectivity index (χ3n) is 6.14. The van der Waals surface area contributed by atoms with Crippen molar-refractivity contribution in [2.75, 3.05) is 24.2 Å². The second kappa shape index (κ2) is 8.55. The maximum atomic E-state index is 12.1. The molecule has 2 amide bonds. The topological polar surface area (TPSA) is 107 Å². The van der Waals surface area contributed by atoms with Crippen LogP contribution < -0.4 is 16.4 Å². The molecule has 1 aliphatic carbocycles. The van der Waals surface area contributed by atoms with Crippen LogP contribution in [-0.2, 0) is 24.2 Å². The van der Waals surface area contributed by atoms with Crippen molar-refractivity contribution in [1.29, 1.82) is 0 Å². The van der Waals surface area contributed by atoms with Crippen molar-refractivity contribution in [2.45, 2.75) is 51.2 Å². The van der Waals surface area contributed by atoms with Crippen LogP contribution in [0.3, 0.4) is 0 Å². The van der Waals surface area contributed by atoms with Gasteiger partial charge in [-0.25, -0.2) is 14.8 Å². The highest BCUT2D eigenvalue weighted by Crippen LogP contribution is 2.36. The van der Waals surface area contributed by atoms with Gasteiger partial charge in [-0.3, -0.25) is 0 Å². The number of nitrogens with zero attached hydrogens (tertiary/aromatic N) is 3. The van der Waals surface area contributed by atoms with Crippen LogP contribution in [0.4, 0.5) is 16.3 Å². The number of aryl methyl sites for hydroxylation is 2. The lowest BCUT2D eigenvalue weighted by Gasteiger charge is -2.28. The van der Waals surface area contributed by atoms with Crippen LogP contribution in [-0.4, -0.2) is 33.7 Å². The first-order valence-corrected chi connectivity index (χ1v) is 11.1. The van der Waals surface area contributed by atoms with Gasteiger partial charge in [-0.2, -0.15) is 0 Å². The number of hydrogen-bond donors (Lipinski definition) is 3. The molecule has 8 heteroatoms. The molecule has 3 aromatic rings. The van der Waals surface area contributed by atoms with E-state index in [1.807, 2.05) is 30.3 Å². The Morgan fingerprint density at radius 3 is 2.90 bits per heavy atom. The van der Waals surface area contributed by atoms with E-state index < -0.39 is 0 Å². The Bertz CT molecular complexity index is 1090. The minimum Gasteiger partial charge on any atom is -0.382 e. The molecule has 0 saturated heterocycles. The zero-order valence-electron chi connectivity index (χ0n) is 17.6. The van der Waals surface area contributed by atoms with E-state index in [-0.39, 0.29) is 12.1 Å². The van der Waals surface area contributed by atoms with Crippen LogP contribution in [0.15, 0.2) is 30.3 Å². The highest BCUT2D eigenvalue weighted by Gasteiger charge is 2.28. The summed E-state index contributed by atoms with van der Waals surface area (Å²) < 4.78 is 8.17. The standard InChI is InChI=1S/C23H28N6O2/c24-22-20-21(17-10-4-5-11-18(17)27-22)29-16(13-31-14-19(29)28-20)9-6-12-25-23(30)26-15-7-2-1-3-8-15/h1-3,7-8,16H,4-6,9-14H2,(H2,24,27)(H2,25,26,30)/t16-/m0/s1. The molecule has 0 bridgehead atoms. The molecule has 5 rings (SSSR count). The predicted octanol–water partition coefficient (Wildman–Crippen LogP) is 3.57. The number of nitrogen functional groups attached to an aromatic ring is 1. The van der Waals surface area contributed by atoms with E-state index in [9.17, 15) is 4.79 Å². The quantitative estimate of drug-likeness (QED) is 0.547. The molecular formula is C23H28N6O2. The summed E-state index contributed by atoms with van der Waals surface area (Å²) in [4.78, 5) is 21.5. The lowest BCUT2D eigenvalue weighted by Crippen LogP contribution is -2.30. The Kier molecular flexibility index (Phi) is 5.46. The van der Waals surface area contributed by atoms with Crippen molar-refractivity contribution in [3.63, 3.8) is 0 Å². The third kappa shape index (κ3) is 3.95. The molecule has 8 nitrogen and oxygen atoms in total. The van der Waals surface area contributed by atoms with Crippen molar-refractivity contribution >= 4 is 28.6 Å². The fourth-order valence-electron chi connectivity index (χ4n) is 4.72. The Morgan fingerprint density at radius 1 is 1.19 bits per heavy atom. The number of urea groups is 1. The minimum atomic E-state index is -0.187. The molecule has 1 aromatic carbocycles. The van der Waals surface area contributed by atoms with E-state index in [0.717, 1.165) is 60.3 Å². The monoisotopic (exact) mass is 420 g/mol. The van der Waals surface area contributed by atoms with Gasteiger partial charge < -0.3 is 25.7 Å². The summed E-state index contributed by atoms with van der Waals surface area (Å²) in [7, 11) is 0. The molecule has 1 atom stereocenters. The molecule has 1 aliphatic heterocycles. The van der Waals surface area contributed by atoms with Crippen molar-refractivity contribution in [2.24, 2.45) is 0 Å². The average molecular weight is 421 g/mol. The Hall–Kier alpha value is -3.13. The molecule has 31 heavy (non-hydrogen) atoms. The van der Waals surface area contributed by atoms with Gasteiger partial charge in [0.05, 0.1) is 18.2 Å². The SMILES string of the molecule is Nc1nc2c(c3c1nc1n3[C@@H](CCCNC(=O)Nc3ccccc3)COC1)CCCC2. The zero-order valence-corrected chi connectivity index (χ0v) is 17.6. The number of amides is 2. The van der Waals surface area contributed by atoms with Crippen LogP contribution >= 0.6 is 0 Å². The normalized spacial score (nSPS) is 17.7. The Balaban J connectivity index is 1.28. The van der Waals surface area contributed by atoms with Crippen molar-refractivity contribution in [1.82, 2.24) is 19.9 Å². The summed E-state index contributed by atoms with van der Waals surface area (Å²) in [5, 5.41) is 5.78. The fraction of sp³-hybridized carbons (Fsp3) is 0.435. The first-order chi connectivity index (χ1) is 15.2. The van der Waals surface area contributed by atoms with Gasteiger partial charge in [0.1, 0.15) is 17.9 Å². The lowest BCUT2D eigenvalue weighted by molar-refractivity contribution is 0.0532. The number of rotatable bonds is 5. The fourth-order valence-corrected chi connectivity index (χ4v) is 4.72. The highest BCUT2D eigenvalue weighted by atomic mass is 16.5. The van der Waals surface area contributed by atoms with E-state index >= 15 is 0 Å². The first kappa shape index (κ1) is 19.8. The van der Waals surface area contributed by atoms with Gasteiger partial charge in [-0.05, 0) is 56.2 Å². The van der Waals surface area contributed by atoms with Crippen LogP contribution in [0, 0.1) is 0 Å². The molecule has 0 spiro atoms. The molecule has 0 fully saturated rings. The minimum absolute atomic E-state index is 0.181. The van der Waals surface area contributed by atoms with Crippen molar-refractivity contribution in [3.05, 3.63) is 47.4 Å². The zero-order chi connectivity index (χ0) is 21.2. The third-order valence-corrected chi connectivity index (χ3v) is 6.14. The number of pyridine rings is 1. The number of imidazole rings is 1. The maximum absolute atomic E-state index is 12.1.